The number of nitrogens with zero attached hydrogens (tertiary/aromatic N) is 2. The second kappa shape index (κ2) is 9.24. The third kappa shape index (κ3) is 5.15. The molecule has 1 heterocycles. The topological polar surface area (TPSA) is 57.7 Å². The van der Waals surface area contributed by atoms with Gasteiger partial charge < -0.3 is 4.90 Å². The van der Waals surface area contributed by atoms with Crippen molar-refractivity contribution in [3.05, 3.63) is 64.9 Å². The molecule has 0 radical (unpaired) electrons. The van der Waals surface area contributed by atoms with Crippen molar-refractivity contribution in [2.45, 2.75) is 31.2 Å². The minimum atomic E-state index is -3.76. The van der Waals surface area contributed by atoms with Crippen molar-refractivity contribution in [3.63, 3.8) is 0 Å². The number of sulfonamides is 1. The van der Waals surface area contributed by atoms with Crippen molar-refractivity contribution in [2.75, 3.05) is 19.6 Å². The molecule has 1 saturated heterocycles. The minimum absolute atomic E-state index is 0.0401. The van der Waals surface area contributed by atoms with Crippen LogP contribution in [-0.4, -0.2) is 43.2 Å². The van der Waals surface area contributed by atoms with Crippen LogP contribution < -0.4 is 0 Å². The Labute approximate surface area is 176 Å². The molecule has 5 nitrogen and oxygen atoms in total. The number of carbonyl (C=O) groups excluding carboxylic acids is 1. The van der Waals surface area contributed by atoms with E-state index in [1.54, 1.807) is 11.0 Å². The van der Waals surface area contributed by atoms with Crippen LogP contribution in [0.2, 0.25) is 5.02 Å². The summed E-state index contributed by atoms with van der Waals surface area (Å²) in [6.07, 6.45) is 1.24. The highest BCUT2D eigenvalue weighted by molar-refractivity contribution is 7.89. The SMILES string of the molecule is CCN(Cc1cccc(Cl)c1)C(=O)C1CCCN(S(=O)(=O)c2ccc(F)cc2)C1. The van der Waals surface area contributed by atoms with Gasteiger partial charge in [-0.3, -0.25) is 4.79 Å². The van der Waals surface area contributed by atoms with E-state index in [0.29, 0.717) is 37.5 Å². The van der Waals surface area contributed by atoms with Crippen LogP contribution in [0.4, 0.5) is 4.39 Å². The van der Waals surface area contributed by atoms with Gasteiger partial charge in [0.2, 0.25) is 15.9 Å². The van der Waals surface area contributed by atoms with Gasteiger partial charge in [0.15, 0.2) is 0 Å². The molecule has 0 N–H and O–H groups in total. The summed E-state index contributed by atoms with van der Waals surface area (Å²) >= 11 is 6.04. The monoisotopic (exact) mass is 438 g/mol. The van der Waals surface area contributed by atoms with Crippen molar-refractivity contribution >= 4 is 27.5 Å². The summed E-state index contributed by atoms with van der Waals surface area (Å²) < 4.78 is 40.3. The zero-order valence-corrected chi connectivity index (χ0v) is 17.8. The molecule has 3 rings (SSSR count). The standard InChI is InChI=1S/C21H24ClFN2O3S/c1-2-24(14-16-5-3-7-18(22)13-16)21(26)17-6-4-12-25(15-17)29(27,28)20-10-8-19(23)9-11-20/h3,5,7-11,13,17H,2,4,6,12,14-15H2,1H3. The van der Waals surface area contributed by atoms with E-state index in [1.165, 1.54) is 16.4 Å². The molecule has 1 amide bonds. The average Bonchev–Trinajstić information content (AvgIpc) is 2.72. The molecule has 1 aliphatic heterocycles. The maximum atomic E-state index is 13.1. The third-order valence-electron chi connectivity index (χ3n) is 5.14. The summed E-state index contributed by atoms with van der Waals surface area (Å²) in [5.41, 5.74) is 0.930. The Kier molecular flexibility index (Phi) is 6.93. The first kappa shape index (κ1) is 21.7. The molecule has 2 aromatic rings. The van der Waals surface area contributed by atoms with Crippen LogP contribution in [-0.2, 0) is 21.4 Å². The van der Waals surface area contributed by atoms with Crippen LogP contribution in [0.5, 0.6) is 0 Å². The quantitative estimate of drug-likeness (QED) is 0.686. The molecule has 1 unspecified atom stereocenters. The van der Waals surface area contributed by atoms with Gasteiger partial charge in [-0.15, -0.1) is 0 Å². The smallest absolute Gasteiger partial charge is 0.243 e. The molecular weight excluding hydrogens is 415 g/mol. The number of carbonyl (C=O) groups is 1. The maximum Gasteiger partial charge on any atom is 0.243 e. The fourth-order valence-electron chi connectivity index (χ4n) is 3.58. The minimum Gasteiger partial charge on any atom is -0.338 e. The Morgan fingerprint density at radius 1 is 1.24 bits per heavy atom. The van der Waals surface area contributed by atoms with Crippen molar-refractivity contribution in [3.8, 4) is 0 Å². The molecule has 1 aliphatic rings. The summed E-state index contributed by atoms with van der Waals surface area (Å²) in [6.45, 7) is 3.33. The van der Waals surface area contributed by atoms with Gasteiger partial charge in [-0.05, 0) is 61.7 Å². The van der Waals surface area contributed by atoms with Gasteiger partial charge in [0.1, 0.15) is 5.82 Å². The van der Waals surface area contributed by atoms with Crippen molar-refractivity contribution in [1.82, 2.24) is 9.21 Å². The normalized spacial score (nSPS) is 17.8. The number of hydrogen-bond acceptors (Lipinski definition) is 3. The fourth-order valence-corrected chi connectivity index (χ4v) is 5.31. The Hall–Kier alpha value is -1.96. The maximum absolute atomic E-state index is 13.1. The summed E-state index contributed by atoms with van der Waals surface area (Å²) in [5.74, 6) is -0.958. The largest absolute Gasteiger partial charge is 0.338 e. The summed E-state index contributed by atoms with van der Waals surface area (Å²) in [7, 11) is -3.76. The van der Waals surface area contributed by atoms with Crippen LogP contribution in [0.3, 0.4) is 0 Å². The lowest BCUT2D eigenvalue weighted by molar-refractivity contribution is -0.137. The summed E-state index contributed by atoms with van der Waals surface area (Å²) in [6, 6.07) is 12.1. The van der Waals surface area contributed by atoms with Gasteiger partial charge >= 0.3 is 0 Å². The number of halogens is 2. The Morgan fingerprint density at radius 3 is 2.62 bits per heavy atom. The number of hydrogen-bond donors (Lipinski definition) is 0. The molecule has 0 saturated carbocycles. The average molecular weight is 439 g/mol. The number of benzene rings is 2. The Bertz CT molecular complexity index is 966. The van der Waals surface area contributed by atoms with Crippen LogP contribution in [0.15, 0.2) is 53.4 Å². The first-order valence-electron chi connectivity index (χ1n) is 9.60. The zero-order chi connectivity index (χ0) is 21.0. The highest BCUT2D eigenvalue weighted by Gasteiger charge is 2.34. The molecule has 2 aromatic carbocycles. The van der Waals surface area contributed by atoms with E-state index in [4.69, 9.17) is 11.6 Å². The van der Waals surface area contributed by atoms with Gasteiger partial charge in [-0.25, -0.2) is 12.8 Å². The van der Waals surface area contributed by atoms with E-state index in [-0.39, 0.29) is 17.3 Å². The van der Waals surface area contributed by atoms with Crippen LogP contribution in [0.25, 0.3) is 0 Å². The molecule has 0 spiro atoms. The molecule has 0 aliphatic carbocycles. The third-order valence-corrected chi connectivity index (χ3v) is 7.26. The fraction of sp³-hybridized carbons (Fsp3) is 0.381. The molecule has 156 valence electrons. The molecular formula is C21H24ClFN2O3S. The van der Waals surface area contributed by atoms with Gasteiger partial charge in [-0.1, -0.05) is 23.7 Å². The van der Waals surface area contributed by atoms with Gasteiger partial charge in [-0.2, -0.15) is 4.31 Å². The lowest BCUT2D eigenvalue weighted by atomic mass is 9.98. The van der Waals surface area contributed by atoms with E-state index in [0.717, 1.165) is 17.7 Å². The van der Waals surface area contributed by atoms with E-state index < -0.39 is 21.8 Å². The van der Waals surface area contributed by atoms with Crippen LogP contribution in [0.1, 0.15) is 25.3 Å². The highest BCUT2D eigenvalue weighted by atomic mass is 35.5. The molecule has 1 fully saturated rings. The van der Waals surface area contributed by atoms with Crippen molar-refractivity contribution < 1.29 is 17.6 Å². The van der Waals surface area contributed by atoms with Crippen molar-refractivity contribution in [1.29, 1.82) is 0 Å². The number of rotatable bonds is 6. The van der Waals surface area contributed by atoms with Crippen molar-refractivity contribution in [2.24, 2.45) is 5.92 Å². The van der Waals surface area contributed by atoms with E-state index in [9.17, 15) is 17.6 Å². The van der Waals surface area contributed by atoms with Gasteiger partial charge in [0.05, 0.1) is 10.8 Å². The molecule has 29 heavy (non-hydrogen) atoms. The lowest BCUT2D eigenvalue weighted by Gasteiger charge is -2.34. The second-order valence-corrected chi connectivity index (χ2v) is 9.51. The predicted octanol–water partition coefficient (Wildman–Crippen LogP) is 3.93. The van der Waals surface area contributed by atoms with E-state index in [2.05, 4.69) is 0 Å². The summed E-state index contributed by atoms with van der Waals surface area (Å²) in [4.78, 5) is 14.9. The molecule has 0 aromatic heterocycles. The van der Waals surface area contributed by atoms with Gasteiger partial charge in [0, 0.05) is 31.2 Å². The second-order valence-electron chi connectivity index (χ2n) is 7.14. The van der Waals surface area contributed by atoms with Crippen LogP contribution >= 0.6 is 11.6 Å². The number of piperidine rings is 1. The molecule has 0 bridgehead atoms. The molecule has 1 atom stereocenters. The predicted molar refractivity (Wildman–Crippen MR) is 110 cm³/mol. The first-order valence-corrected chi connectivity index (χ1v) is 11.4. The zero-order valence-electron chi connectivity index (χ0n) is 16.2. The molecule has 8 heteroatoms. The van der Waals surface area contributed by atoms with Gasteiger partial charge in [0.25, 0.3) is 0 Å². The Balaban J connectivity index is 1.73. The summed E-state index contributed by atoms with van der Waals surface area (Å²) in [5, 5.41) is 0.611. The number of amides is 1. The van der Waals surface area contributed by atoms with E-state index >= 15 is 0 Å². The van der Waals surface area contributed by atoms with Crippen LogP contribution in [0, 0.1) is 11.7 Å². The van der Waals surface area contributed by atoms with E-state index in [1.807, 2.05) is 25.1 Å². The Morgan fingerprint density at radius 2 is 1.97 bits per heavy atom. The highest BCUT2D eigenvalue weighted by Crippen LogP contribution is 2.26. The lowest BCUT2D eigenvalue weighted by Crippen LogP contribution is -2.46. The first-order chi connectivity index (χ1) is 13.8.